The molecule has 2 bridgehead atoms. The molecule has 4 heterocycles. The van der Waals surface area contributed by atoms with Crippen LogP contribution in [-0.4, -0.2) is 131 Å². The highest BCUT2D eigenvalue weighted by Gasteiger charge is 2.77. The molecule has 1 spiro atoms. The molecule has 4 saturated heterocycles. The number of amides is 3. The molecule has 5 rings (SSSR count). The first-order valence-electron chi connectivity index (χ1n) is 17.7. The van der Waals surface area contributed by atoms with Crippen LogP contribution >= 0.6 is 15.9 Å². The monoisotopic (exact) mass is 758 g/mol. The second kappa shape index (κ2) is 16.9. The quantitative estimate of drug-likeness (QED) is 0.140. The first-order valence-corrected chi connectivity index (χ1v) is 18.6. The van der Waals surface area contributed by atoms with Crippen molar-refractivity contribution >= 4 is 39.6 Å². The van der Waals surface area contributed by atoms with E-state index in [9.17, 15) is 24.3 Å². The minimum absolute atomic E-state index is 0.201. The van der Waals surface area contributed by atoms with E-state index in [1.54, 1.807) is 24.0 Å². The maximum absolute atomic E-state index is 14.7. The Bertz CT molecular complexity index is 1390. The van der Waals surface area contributed by atoms with Crippen LogP contribution in [0.2, 0.25) is 0 Å². The highest BCUT2D eigenvalue weighted by atomic mass is 79.9. The van der Waals surface area contributed by atoms with Gasteiger partial charge in [0.15, 0.2) is 0 Å². The number of halogens is 1. The van der Waals surface area contributed by atoms with Crippen LogP contribution in [0.3, 0.4) is 0 Å². The molecule has 0 radical (unpaired) electrons. The number of alkyl halides is 1. The highest BCUT2D eigenvalue weighted by Crippen LogP contribution is 2.61. The summed E-state index contributed by atoms with van der Waals surface area (Å²) in [6, 6.07) is 6.86. The molecular formula is C37H51BrN4O8. The molecule has 2 N–H and O–H groups in total. The summed E-state index contributed by atoms with van der Waals surface area (Å²) in [5, 5.41) is 13.4. The number of benzene rings is 1. The number of ether oxygens (including phenoxy) is 3. The van der Waals surface area contributed by atoms with Gasteiger partial charge in [-0.05, 0) is 31.7 Å². The maximum Gasteiger partial charge on any atom is 0.313 e. The van der Waals surface area contributed by atoms with Crippen molar-refractivity contribution < 1.29 is 38.5 Å². The minimum atomic E-state index is -1.32. The van der Waals surface area contributed by atoms with Crippen molar-refractivity contribution in [3.05, 3.63) is 61.2 Å². The summed E-state index contributed by atoms with van der Waals surface area (Å²) in [7, 11) is 0. The summed E-state index contributed by atoms with van der Waals surface area (Å²) >= 11 is 3.73. The van der Waals surface area contributed by atoms with Gasteiger partial charge in [-0.2, -0.15) is 0 Å². The van der Waals surface area contributed by atoms with Crippen LogP contribution < -0.4 is 5.32 Å². The normalized spacial score (nSPS) is 29.2. The van der Waals surface area contributed by atoms with Gasteiger partial charge in [0.2, 0.25) is 17.7 Å². The molecular weight excluding hydrogens is 708 g/mol. The van der Waals surface area contributed by atoms with Crippen molar-refractivity contribution in [1.29, 1.82) is 0 Å². The lowest BCUT2D eigenvalue weighted by Gasteiger charge is -2.39. The Morgan fingerprint density at radius 1 is 1.20 bits per heavy atom. The summed E-state index contributed by atoms with van der Waals surface area (Å²) < 4.78 is 18.5. The van der Waals surface area contributed by atoms with Gasteiger partial charge in [0, 0.05) is 44.0 Å². The summed E-state index contributed by atoms with van der Waals surface area (Å²) in [6.45, 7) is 14.9. The number of fused-ring (bicyclic) bond motifs is 1. The van der Waals surface area contributed by atoms with E-state index in [2.05, 4.69) is 39.3 Å². The molecule has 0 aliphatic carbocycles. The van der Waals surface area contributed by atoms with Gasteiger partial charge in [0.25, 0.3) is 0 Å². The van der Waals surface area contributed by atoms with Gasteiger partial charge in [0.05, 0.1) is 49.8 Å². The minimum Gasteiger partial charge on any atom is -0.455 e. The Morgan fingerprint density at radius 2 is 1.92 bits per heavy atom. The van der Waals surface area contributed by atoms with Crippen LogP contribution in [0, 0.1) is 11.8 Å². The van der Waals surface area contributed by atoms with E-state index in [0.29, 0.717) is 51.1 Å². The van der Waals surface area contributed by atoms with Crippen molar-refractivity contribution in [2.75, 3.05) is 52.5 Å². The SMILES string of the molecule is C=CCCC(=O)N[C@H](C)[C@@H](OC(=O)[C@@H]1[C@H]2O[C@@]3(CC2Br)[C@H](C(=O)N(CC=C)CCN2CCOCC2)N([C@@H](CC)CO)C(=O)[C@@H]13)c1ccccc1. The van der Waals surface area contributed by atoms with E-state index in [1.807, 2.05) is 37.3 Å². The fourth-order valence-electron chi connectivity index (χ4n) is 8.07. The van der Waals surface area contributed by atoms with E-state index < -0.39 is 59.6 Å². The fourth-order valence-corrected chi connectivity index (χ4v) is 9.01. The van der Waals surface area contributed by atoms with Gasteiger partial charge in [-0.25, -0.2) is 0 Å². The van der Waals surface area contributed by atoms with Gasteiger partial charge in [-0.15, -0.1) is 13.2 Å². The topological polar surface area (TPSA) is 138 Å². The lowest BCUT2D eigenvalue weighted by molar-refractivity contribution is -0.162. The van der Waals surface area contributed by atoms with E-state index in [4.69, 9.17) is 14.2 Å². The summed E-state index contributed by atoms with van der Waals surface area (Å²) in [5.74, 6) is -3.56. The molecule has 4 fully saturated rings. The predicted octanol–water partition coefficient (Wildman–Crippen LogP) is 2.61. The van der Waals surface area contributed by atoms with Crippen molar-refractivity contribution in [2.24, 2.45) is 11.8 Å². The molecule has 13 heteroatoms. The molecule has 4 aliphatic rings. The van der Waals surface area contributed by atoms with Gasteiger partial charge in [-0.3, -0.25) is 24.1 Å². The van der Waals surface area contributed by atoms with Gasteiger partial charge < -0.3 is 34.4 Å². The third-order valence-corrected chi connectivity index (χ3v) is 11.4. The number of allylic oxidation sites excluding steroid dienone is 1. The lowest BCUT2D eigenvalue weighted by Crippen LogP contribution is -2.59. The van der Waals surface area contributed by atoms with E-state index in [0.717, 1.165) is 13.1 Å². The number of hydrogen-bond acceptors (Lipinski definition) is 9. The summed E-state index contributed by atoms with van der Waals surface area (Å²) in [4.78, 5) is 61.5. The Kier molecular flexibility index (Phi) is 12.9. The van der Waals surface area contributed by atoms with E-state index in [1.165, 1.54) is 4.90 Å². The fraction of sp³-hybridized carbons (Fsp3) is 0.622. The average Bonchev–Trinajstić information content (AvgIpc) is 3.72. The maximum atomic E-state index is 14.7. The second-order valence-corrected chi connectivity index (χ2v) is 14.8. The number of aliphatic hydroxyl groups excluding tert-OH is 1. The van der Waals surface area contributed by atoms with Gasteiger partial charge >= 0.3 is 5.97 Å². The van der Waals surface area contributed by atoms with Crippen LogP contribution in [0.25, 0.3) is 0 Å². The Labute approximate surface area is 303 Å². The molecule has 0 saturated carbocycles. The van der Waals surface area contributed by atoms with Crippen LogP contribution in [-0.2, 0) is 33.4 Å². The van der Waals surface area contributed by atoms with Gasteiger partial charge in [-0.1, -0.05) is 65.3 Å². The molecule has 12 nitrogen and oxygen atoms in total. The first-order chi connectivity index (χ1) is 24.1. The number of carbonyl (C=O) groups excluding carboxylic acids is 4. The Balaban J connectivity index is 1.46. The predicted molar refractivity (Wildman–Crippen MR) is 190 cm³/mol. The zero-order valence-corrected chi connectivity index (χ0v) is 30.7. The highest BCUT2D eigenvalue weighted by molar-refractivity contribution is 9.09. The Hall–Kier alpha value is -3.10. The van der Waals surface area contributed by atoms with Crippen molar-refractivity contribution in [2.45, 2.75) is 80.3 Å². The molecule has 50 heavy (non-hydrogen) atoms. The summed E-state index contributed by atoms with van der Waals surface area (Å²) in [6.07, 6.45) is 3.24. The summed E-state index contributed by atoms with van der Waals surface area (Å²) in [5.41, 5.74) is -0.629. The van der Waals surface area contributed by atoms with Crippen molar-refractivity contribution in [1.82, 2.24) is 20.0 Å². The zero-order chi connectivity index (χ0) is 36.0. The molecule has 274 valence electrons. The third-order valence-electron chi connectivity index (χ3n) is 10.5. The van der Waals surface area contributed by atoms with Crippen LogP contribution in [0.15, 0.2) is 55.6 Å². The van der Waals surface area contributed by atoms with Crippen molar-refractivity contribution in [3.63, 3.8) is 0 Å². The number of aliphatic hydroxyl groups is 1. The standard InChI is InChI=1S/C37H51BrN4O8/c1-5-8-14-28(44)39-24(4)31(25-12-10-9-11-13-25)49-36(47)29-30-34(45)42(26(7-3)23-43)33(37(30)22-27(38)32(29)50-37)35(46)41(15-6-2)17-16-40-18-20-48-21-19-40/h5-6,9-13,24,26-27,29-33,43H,1-2,7-8,14-23H2,3-4H3,(H,39,44)/t24-,26+,27?,29+,30-,31-,32+,33+,37-/m1/s1. The number of hydrogen-bond donors (Lipinski definition) is 2. The third kappa shape index (κ3) is 7.57. The number of carbonyl (C=O) groups is 4. The lowest BCUT2D eigenvalue weighted by atomic mass is 9.70. The van der Waals surface area contributed by atoms with Crippen molar-refractivity contribution in [3.8, 4) is 0 Å². The first kappa shape index (κ1) is 38.1. The average molecular weight is 760 g/mol. The molecule has 1 aromatic rings. The number of morpholine rings is 1. The Morgan fingerprint density at radius 3 is 2.56 bits per heavy atom. The van der Waals surface area contributed by atoms with Crippen LogP contribution in [0.1, 0.15) is 51.2 Å². The molecule has 0 aromatic heterocycles. The number of nitrogens with one attached hydrogen (secondary N) is 1. The number of likely N-dealkylation sites (tertiary alicyclic amines) is 1. The molecule has 1 unspecified atom stereocenters. The van der Waals surface area contributed by atoms with E-state index >= 15 is 0 Å². The van der Waals surface area contributed by atoms with E-state index in [-0.39, 0.29) is 36.2 Å². The largest absolute Gasteiger partial charge is 0.455 e. The smallest absolute Gasteiger partial charge is 0.313 e. The number of rotatable bonds is 17. The van der Waals surface area contributed by atoms with Crippen LogP contribution in [0.4, 0.5) is 0 Å². The molecule has 4 aliphatic heterocycles. The zero-order valence-electron chi connectivity index (χ0n) is 29.1. The number of nitrogens with zero attached hydrogens (tertiary/aromatic N) is 3. The molecule has 1 aromatic carbocycles. The number of esters is 1. The second-order valence-electron chi connectivity index (χ2n) is 13.6. The van der Waals surface area contributed by atoms with Crippen LogP contribution in [0.5, 0.6) is 0 Å². The molecule has 9 atom stereocenters. The molecule has 3 amide bonds. The van der Waals surface area contributed by atoms with Gasteiger partial charge in [0.1, 0.15) is 17.7 Å².